The lowest BCUT2D eigenvalue weighted by Crippen LogP contribution is -2.37. The summed E-state index contributed by atoms with van der Waals surface area (Å²) in [6, 6.07) is 6.20. The molecule has 1 saturated carbocycles. The van der Waals surface area contributed by atoms with E-state index in [9.17, 15) is 4.79 Å². The van der Waals surface area contributed by atoms with Gasteiger partial charge in [-0.1, -0.05) is 6.07 Å². The van der Waals surface area contributed by atoms with Crippen molar-refractivity contribution in [3.8, 4) is 0 Å². The zero-order valence-corrected chi connectivity index (χ0v) is 10.8. The minimum atomic E-state index is -0.125. The normalized spacial score (nSPS) is 23.3. The number of rotatable bonds is 4. The van der Waals surface area contributed by atoms with E-state index < -0.39 is 0 Å². The fourth-order valence-electron chi connectivity index (χ4n) is 2.58. The van der Waals surface area contributed by atoms with Crippen LogP contribution in [-0.4, -0.2) is 41.0 Å². The summed E-state index contributed by atoms with van der Waals surface area (Å²) in [7, 11) is 0. The molecule has 0 bridgehead atoms. The van der Waals surface area contributed by atoms with Crippen molar-refractivity contribution in [2.45, 2.75) is 31.3 Å². The molecule has 3 rings (SSSR count). The minimum Gasteiger partial charge on any atom is -0.347 e. The molecule has 2 fully saturated rings. The molecule has 1 aromatic heterocycles. The van der Waals surface area contributed by atoms with Crippen molar-refractivity contribution in [2.75, 3.05) is 18.5 Å². The van der Waals surface area contributed by atoms with Crippen LogP contribution in [0.3, 0.4) is 0 Å². The summed E-state index contributed by atoms with van der Waals surface area (Å²) in [6.07, 6.45) is 3.65. The number of pyridine rings is 1. The van der Waals surface area contributed by atoms with Gasteiger partial charge in [0.05, 0.1) is 0 Å². The van der Waals surface area contributed by atoms with Crippen LogP contribution in [0.1, 0.15) is 29.8 Å². The summed E-state index contributed by atoms with van der Waals surface area (Å²) >= 11 is 0. The number of carbonyl (C=O) groups is 1. The van der Waals surface area contributed by atoms with Gasteiger partial charge in [0.15, 0.2) is 0 Å². The van der Waals surface area contributed by atoms with Crippen LogP contribution in [0.25, 0.3) is 0 Å². The van der Waals surface area contributed by atoms with Crippen LogP contribution >= 0.6 is 0 Å². The molecule has 1 aromatic rings. The molecule has 0 radical (unpaired) electrons. The van der Waals surface area contributed by atoms with Gasteiger partial charge in [-0.3, -0.25) is 9.69 Å². The number of aromatic nitrogens is 1. The van der Waals surface area contributed by atoms with Crippen LogP contribution in [0.4, 0.5) is 5.82 Å². The largest absolute Gasteiger partial charge is 0.347 e. The second-order valence-corrected chi connectivity index (χ2v) is 5.24. The van der Waals surface area contributed by atoms with Gasteiger partial charge in [0.2, 0.25) is 0 Å². The van der Waals surface area contributed by atoms with Crippen molar-refractivity contribution in [3.63, 3.8) is 0 Å². The van der Waals surface area contributed by atoms with E-state index in [1.165, 1.54) is 12.8 Å². The molecule has 19 heavy (non-hydrogen) atoms. The molecule has 102 valence electrons. The van der Waals surface area contributed by atoms with E-state index in [1.807, 2.05) is 0 Å². The van der Waals surface area contributed by atoms with Gasteiger partial charge in [-0.15, -0.1) is 0 Å². The van der Waals surface area contributed by atoms with E-state index in [2.05, 4.69) is 20.6 Å². The topological polar surface area (TPSA) is 83.3 Å². The predicted molar refractivity (Wildman–Crippen MR) is 72.5 cm³/mol. The maximum Gasteiger partial charge on any atom is 0.270 e. The van der Waals surface area contributed by atoms with E-state index in [1.54, 1.807) is 18.2 Å². The summed E-state index contributed by atoms with van der Waals surface area (Å²) < 4.78 is 0. The second kappa shape index (κ2) is 5.14. The highest BCUT2D eigenvalue weighted by Crippen LogP contribution is 2.29. The highest BCUT2D eigenvalue weighted by molar-refractivity contribution is 5.92. The van der Waals surface area contributed by atoms with E-state index in [0.717, 1.165) is 25.6 Å². The lowest BCUT2D eigenvalue weighted by Gasteiger charge is -2.15. The number of hydrogen-bond donors (Lipinski definition) is 3. The summed E-state index contributed by atoms with van der Waals surface area (Å²) in [5.74, 6) is 5.66. The number of nitrogens with two attached hydrogens (primary N) is 1. The van der Waals surface area contributed by atoms with Crippen LogP contribution < -0.4 is 16.6 Å². The van der Waals surface area contributed by atoms with Crippen molar-refractivity contribution in [3.05, 3.63) is 23.9 Å². The third-order valence-electron chi connectivity index (χ3n) is 3.75. The Morgan fingerprint density at radius 1 is 1.37 bits per heavy atom. The average Bonchev–Trinajstić information content (AvgIpc) is 3.19. The quantitative estimate of drug-likeness (QED) is 0.537. The highest BCUT2D eigenvalue weighted by atomic mass is 16.2. The van der Waals surface area contributed by atoms with Gasteiger partial charge in [0.1, 0.15) is 11.5 Å². The number of amides is 1. The Labute approximate surface area is 112 Å². The zero-order chi connectivity index (χ0) is 13.2. The number of anilines is 1. The van der Waals surface area contributed by atoms with Crippen LogP contribution in [0.15, 0.2) is 18.2 Å². The van der Waals surface area contributed by atoms with E-state index in [4.69, 9.17) is 5.84 Å². The summed E-state index contributed by atoms with van der Waals surface area (Å²) in [5.41, 5.74) is 2.85. The van der Waals surface area contributed by atoms with E-state index in [-0.39, 0.29) is 11.9 Å². The maximum absolute atomic E-state index is 12.1. The molecule has 0 spiro atoms. The standard InChI is InChI=1S/C13H19N5O/c14-17-12-3-1-2-11(16-12)13(19)15-9-6-7-18(8-9)10-4-5-10/h1-3,9-10H,4-8,14H2,(H,15,19)(H,16,17). The Morgan fingerprint density at radius 2 is 2.21 bits per heavy atom. The first kappa shape index (κ1) is 12.4. The molecule has 0 aromatic carbocycles. The lowest BCUT2D eigenvalue weighted by molar-refractivity contribution is 0.0932. The second-order valence-electron chi connectivity index (χ2n) is 5.24. The third-order valence-corrected chi connectivity index (χ3v) is 3.75. The Morgan fingerprint density at radius 3 is 2.95 bits per heavy atom. The number of nitrogen functional groups attached to an aromatic ring is 1. The number of carbonyl (C=O) groups excluding carboxylic acids is 1. The molecule has 4 N–H and O–H groups in total. The fraction of sp³-hybridized carbons (Fsp3) is 0.538. The Bertz CT molecular complexity index is 474. The number of nitrogens with one attached hydrogen (secondary N) is 2. The summed E-state index contributed by atoms with van der Waals surface area (Å²) in [5, 5.41) is 3.05. The molecular weight excluding hydrogens is 242 g/mol. The Hall–Kier alpha value is -1.66. The molecule has 2 heterocycles. The molecule has 1 unspecified atom stereocenters. The van der Waals surface area contributed by atoms with Crippen molar-refractivity contribution < 1.29 is 4.79 Å². The third kappa shape index (κ3) is 2.85. The first-order valence-corrected chi connectivity index (χ1v) is 6.75. The predicted octanol–water partition coefficient (Wildman–Crippen LogP) is 0.334. The number of hydrazine groups is 1. The SMILES string of the molecule is NNc1cccc(C(=O)NC2CCN(C3CC3)C2)n1. The van der Waals surface area contributed by atoms with Crippen LogP contribution in [0.5, 0.6) is 0 Å². The summed E-state index contributed by atoms with van der Waals surface area (Å²) in [4.78, 5) is 18.7. The Balaban J connectivity index is 1.58. The summed E-state index contributed by atoms with van der Waals surface area (Å²) in [6.45, 7) is 2.05. The van der Waals surface area contributed by atoms with Crippen molar-refractivity contribution in [1.82, 2.24) is 15.2 Å². The van der Waals surface area contributed by atoms with Gasteiger partial charge in [-0.2, -0.15) is 0 Å². The first-order chi connectivity index (χ1) is 9.26. The van der Waals surface area contributed by atoms with Crippen LogP contribution in [-0.2, 0) is 0 Å². The lowest BCUT2D eigenvalue weighted by atomic mass is 10.2. The van der Waals surface area contributed by atoms with Crippen molar-refractivity contribution in [2.24, 2.45) is 5.84 Å². The van der Waals surface area contributed by atoms with Gasteiger partial charge in [-0.05, 0) is 31.4 Å². The number of likely N-dealkylation sites (tertiary alicyclic amines) is 1. The van der Waals surface area contributed by atoms with E-state index in [0.29, 0.717) is 11.5 Å². The highest BCUT2D eigenvalue weighted by Gasteiger charge is 2.34. The smallest absolute Gasteiger partial charge is 0.270 e. The average molecular weight is 261 g/mol. The van der Waals surface area contributed by atoms with Crippen molar-refractivity contribution >= 4 is 11.7 Å². The molecule has 1 aliphatic heterocycles. The zero-order valence-electron chi connectivity index (χ0n) is 10.8. The molecular formula is C13H19N5O. The molecule has 1 amide bonds. The molecule has 6 heteroatoms. The molecule has 1 atom stereocenters. The van der Waals surface area contributed by atoms with Crippen LogP contribution in [0.2, 0.25) is 0 Å². The Kier molecular flexibility index (Phi) is 3.35. The first-order valence-electron chi connectivity index (χ1n) is 6.75. The maximum atomic E-state index is 12.1. The number of hydrogen-bond acceptors (Lipinski definition) is 5. The van der Waals surface area contributed by atoms with E-state index >= 15 is 0 Å². The molecule has 2 aliphatic rings. The van der Waals surface area contributed by atoms with Crippen molar-refractivity contribution in [1.29, 1.82) is 0 Å². The molecule has 1 saturated heterocycles. The van der Waals surface area contributed by atoms with Gasteiger partial charge in [0.25, 0.3) is 5.91 Å². The van der Waals surface area contributed by atoms with Gasteiger partial charge in [-0.25, -0.2) is 10.8 Å². The number of nitrogens with zero attached hydrogens (tertiary/aromatic N) is 2. The molecule has 6 nitrogen and oxygen atoms in total. The van der Waals surface area contributed by atoms with Crippen LogP contribution in [0, 0.1) is 0 Å². The van der Waals surface area contributed by atoms with Gasteiger partial charge < -0.3 is 10.7 Å². The molecule has 1 aliphatic carbocycles. The van der Waals surface area contributed by atoms with Gasteiger partial charge in [0, 0.05) is 25.2 Å². The fourth-order valence-corrected chi connectivity index (χ4v) is 2.58. The van der Waals surface area contributed by atoms with Gasteiger partial charge >= 0.3 is 0 Å². The monoisotopic (exact) mass is 261 g/mol. The minimum absolute atomic E-state index is 0.125.